The number of esters is 1. The van der Waals surface area contributed by atoms with Crippen LogP contribution in [0.15, 0.2) is 30.5 Å². The van der Waals surface area contributed by atoms with Crippen molar-refractivity contribution < 1.29 is 22.7 Å². The molecule has 1 aromatic heterocycles. The first-order valence-corrected chi connectivity index (χ1v) is 8.51. The highest BCUT2D eigenvalue weighted by molar-refractivity contribution is 5.91. The molecule has 2 aliphatic carbocycles. The third-order valence-corrected chi connectivity index (χ3v) is 6.05. The number of alkyl halides is 3. The second-order valence-corrected chi connectivity index (χ2v) is 7.68. The predicted octanol–water partition coefficient (Wildman–Crippen LogP) is 4.41. The summed E-state index contributed by atoms with van der Waals surface area (Å²) in [4.78, 5) is 12.8. The smallest absolute Gasteiger partial charge is 0.436 e. The Morgan fingerprint density at radius 2 is 2.00 bits per heavy atom. The van der Waals surface area contributed by atoms with Gasteiger partial charge in [-0.1, -0.05) is 38.1 Å². The van der Waals surface area contributed by atoms with Crippen LogP contribution in [0.5, 0.6) is 0 Å². The molecule has 0 saturated heterocycles. The molecule has 2 aromatic rings. The summed E-state index contributed by atoms with van der Waals surface area (Å²) < 4.78 is 46.5. The first-order valence-electron chi connectivity index (χ1n) is 8.51. The summed E-state index contributed by atoms with van der Waals surface area (Å²) >= 11 is 0. The van der Waals surface area contributed by atoms with Gasteiger partial charge in [0.1, 0.15) is 11.2 Å². The van der Waals surface area contributed by atoms with Crippen molar-refractivity contribution in [2.45, 2.75) is 44.4 Å². The molecule has 2 atom stereocenters. The third kappa shape index (κ3) is 2.09. The van der Waals surface area contributed by atoms with Crippen LogP contribution in [0.3, 0.4) is 0 Å². The van der Waals surface area contributed by atoms with E-state index in [0.717, 1.165) is 28.4 Å². The molecule has 2 bridgehead atoms. The largest absolute Gasteiger partial charge is 0.450 e. The van der Waals surface area contributed by atoms with Crippen molar-refractivity contribution in [1.29, 1.82) is 0 Å². The minimum absolute atomic E-state index is 0.225. The predicted molar refractivity (Wildman–Crippen MR) is 87.5 cm³/mol. The van der Waals surface area contributed by atoms with Gasteiger partial charge in [-0.3, -0.25) is 4.68 Å². The van der Waals surface area contributed by atoms with Gasteiger partial charge in [-0.05, 0) is 29.9 Å². The Morgan fingerprint density at radius 1 is 1.31 bits per heavy atom. The number of fused-ring (bicyclic) bond motifs is 5. The zero-order valence-electron chi connectivity index (χ0n) is 14.7. The van der Waals surface area contributed by atoms with Gasteiger partial charge in [-0.15, -0.1) is 0 Å². The zero-order chi connectivity index (χ0) is 18.9. The molecule has 0 radical (unpaired) electrons. The van der Waals surface area contributed by atoms with E-state index in [1.165, 1.54) is 7.05 Å². The molecule has 7 heteroatoms. The minimum atomic E-state index is -4.71. The second-order valence-electron chi connectivity index (χ2n) is 7.68. The summed E-state index contributed by atoms with van der Waals surface area (Å²) in [5.74, 6) is -0.752. The van der Waals surface area contributed by atoms with E-state index in [-0.39, 0.29) is 11.3 Å². The Balaban J connectivity index is 1.77. The molecular weight excluding hydrogens is 345 g/mol. The fourth-order valence-electron chi connectivity index (χ4n) is 4.80. The lowest BCUT2D eigenvalue weighted by atomic mass is 9.76. The van der Waals surface area contributed by atoms with E-state index in [1.54, 1.807) is 0 Å². The van der Waals surface area contributed by atoms with E-state index in [9.17, 15) is 18.0 Å². The molecule has 138 valence electrons. The van der Waals surface area contributed by atoms with Crippen molar-refractivity contribution in [3.63, 3.8) is 0 Å². The summed E-state index contributed by atoms with van der Waals surface area (Å²) in [5.41, 5.74) is -1.01. The second kappa shape index (κ2) is 5.11. The maximum atomic E-state index is 13.2. The molecule has 1 saturated carbocycles. The van der Waals surface area contributed by atoms with E-state index in [4.69, 9.17) is 4.74 Å². The molecule has 2 unspecified atom stereocenters. The Labute approximate surface area is 149 Å². The van der Waals surface area contributed by atoms with Crippen LogP contribution >= 0.6 is 0 Å². The minimum Gasteiger partial charge on any atom is -0.450 e. The zero-order valence-corrected chi connectivity index (χ0v) is 14.7. The van der Waals surface area contributed by atoms with Gasteiger partial charge >= 0.3 is 12.1 Å². The molecule has 0 amide bonds. The van der Waals surface area contributed by atoms with Gasteiger partial charge in [0.05, 0.1) is 0 Å². The molecule has 0 spiro atoms. The SMILES string of the molecule is Cn1cc(C(=O)OC23CCC(c4ccccc42)C3(C)C)c(C(F)(F)F)n1. The van der Waals surface area contributed by atoms with Gasteiger partial charge < -0.3 is 4.74 Å². The highest BCUT2D eigenvalue weighted by Gasteiger charge is 2.64. The first-order chi connectivity index (χ1) is 12.1. The lowest BCUT2D eigenvalue weighted by molar-refractivity contribution is -0.142. The first kappa shape index (κ1) is 17.1. The molecule has 1 fully saturated rings. The van der Waals surface area contributed by atoms with Crippen LogP contribution in [0.2, 0.25) is 0 Å². The Morgan fingerprint density at radius 3 is 2.69 bits per heavy atom. The van der Waals surface area contributed by atoms with Gasteiger partial charge in [0.15, 0.2) is 5.69 Å². The number of benzene rings is 1. The third-order valence-electron chi connectivity index (χ3n) is 6.05. The molecule has 26 heavy (non-hydrogen) atoms. The molecule has 4 rings (SSSR count). The fourth-order valence-corrected chi connectivity index (χ4v) is 4.80. The van der Waals surface area contributed by atoms with E-state index in [1.807, 2.05) is 38.1 Å². The summed E-state index contributed by atoms with van der Waals surface area (Å²) in [6.45, 7) is 4.04. The number of aryl methyl sites for hydroxylation is 1. The van der Waals surface area contributed by atoms with E-state index in [0.29, 0.717) is 6.42 Å². The molecule has 0 aliphatic heterocycles. The summed E-state index contributed by atoms with van der Waals surface area (Å²) in [6.07, 6.45) is -2.19. The van der Waals surface area contributed by atoms with Crippen molar-refractivity contribution in [3.05, 3.63) is 52.8 Å². The van der Waals surface area contributed by atoms with Crippen molar-refractivity contribution in [3.8, 4) is 0 Å². The monoisotopic (exact) mass is 364 g/mol. The van der Waals surface area contributed by atoms with Crippen molar-refractivity contribution in [1.82, 2.24) is 9.78 Å². The van der Waals surface area contributed by atoms with Crippen LogP contribution in [0.1, 0.15) is 59.8 Å². The topological polar surface area (TPSA) is 44.1 Å². The van der Waals surface area contributed by atoms with Gasteiger partial charge in [-0.2, -0.15) is 18.3 Å². The van der Waals surface area contributed by atoms with Crippen LogP contribution < -0.4 is 0 Å². The van der Waals surface area contributed by atoms with E-state index >= 15 is 0 Å². The van der Waals surface area contributed by atoms with E-state index in [2.05, 4.69) is 5.10 Å². The van der Waals surface area contributed by atoms with Crippen LogP contribution in [0.4, 0.5) is 13.2 Å². The van der Waals surface area contributed by atoms with E-state index < -0.39 is 29.0 Å². The van der Waals surface area contributed by atoms with Gasteiger partial charge in [-0.25, -0.2) is 4.79 Å². The maximum absolute atomic E-state index is 13.2. The highest BCUT2D eigenvalue weighted by atomic mass is 19.4. The van der Waals surface area contributed by atoms with Crippen LogP contribution in [-0.4, -0.2) is 15.7 Å². The Bertz CT molecular complexity index is 900. The summed E-state index contributed by atoms with van der Waals surface area (Å²) in [6, 6.07) is 7.74. The number of hydrogen-bond donors (Lipinski definition) is 0. The fraction of sp³-hybridized carbons (Fsp3) is 0.474. The highest BCUT2D eigenvalue weighted by Crippen LogP contribution is 2.68. The van der Waals surface area contributed by atoms with Crippen LogP contribution in [0, 0.1) is 5.41 Å². The van der Waals surface area contributed by atoms with Gasteiger partial charge in [0.25, 0.3) is 0 Å². The average Bonchev–Trinajstić information content (AvgIpc) is 3.12. The Kier molecular flexibility index (Phi) is 3.37. The van der Waals surface area contributed by atoms with Crippen molar-refractivity contribution >= 4 is 5.97 Å². The van der Waals surface area contributed by atoms with Gasteiger partial charge in [0.2, 0.25) is 0 Å². The number of rotatable bonds is 2. The molecule has 0 N–H and O–H groups in total. The average molecular weight is 364 g/mol. The van der Waals surface area contributed by atoms with Crippen LogP contribution in [0.25, 0.3) is 0 Å². The number of carbonyl (C=O) groups is 1. The number of nitrogens with zero attached hydrogens (tertiary/aromatic N) is 2. The standard InChI is InChI=1S/C19H19F3N2O2/c1-17(2)13-8-9-18(17,14-7-5-4-6-11(13)14)26-16(25)12-10-24(3)23-15(12)19(20,21)22/h4-7,10,13H,8-9H2,1-3H3. The molecule has 2 aliphatic rings. The molecular formula is C19H19F3N2O2. The molecule has 1 heterocycles. The van der Waals surface area contributed by atoms with Crippen molar-refractivity contribution in [2.24, 2.45) is 12.5 Å². The number of carbonyl (C=O) groups excluding carboxylic acids is 1. The lowest BCUT2D eigenvalue weighted by Gasteiger charge is -2.38. The lowest BCUT2D eigenvalue weighted by Crippen LogP contribution is -2.39. The molecule has 4 nitrogen and oxygen atoms in total. The van der Waals surface area contributed by atoms with Crippen molar-refractivity contribution in [2.75, 3.05) is 0 Å². The number of halogens is 3. The molecule has 1 aromatic carbocycles. The summed E-state index contributed by atoms with van der Waals surface area (Å²) in [7, 11) is 1.35. The Hall–Kier alpha value is -2.31. The van der Waals surface area contributed by atoms with Crippen LogP contribution in [-0.2, 0) is 23.6 Å². The summed E-state index contributed by atoms with van der Waals surface area (Å²) in [5, 5.41) is 3.41. The quantitative estimate of drug-likeness (QED) is 0.742. The van der Waals surface area contributed by atoms with Gasteiger partial charge in [0, 0.05) is 18.7 Å². The number of hydrogen-bond acceptors (Lipinski definition) is 3. The number of ether oxygens (including phenoxy) is 1. The normalized spacial score (nSPS) is 26.0. The maximum Gasteiger partial charge on any atom is 0.436 e. The number of aromatic nitrogens is 2.